The van der Waals surface area contributed by atoms with Crippen LogP contribution in [0.25, 0.3) is 17.1 Å². The van der Waals surface area contributed by atoms with Crippen LogP contribution in [-0.2, 0) is 11.9 Å². The standard InChI is InChI=1S/C23H18F3N3OS/c1-30-20-14-8-6-12-18(20)21-27-28-22(29(21)17-10-3-2-4-11-17)31-15-16-9-5-7-13-19(16)23(24,25)26/h2-14H,15H2,1H3. The molecule has 8 heteroatoms. The number of alkyl halides is 3. The summed E-state index contributed by atoms with van der Waals surface area (Å²) in [4.78, 5) is 0. The van der Waals surface area contributed by atoms with Crippen molar-refractivity contribution < 1.29 is 17.9 Å². The van der Waals surface area contributed by atoms with Gasteiger partial charge in [0.05, 0.1) is 18.2 Å². The van der Waals surface area contributed by atoms with Crippen molar-refractivity contribution in [1.29, 1.82) is 0 Å². The van der Waals surface area contributed by atoms with Gasteiger partial charge in [0.1, 0.15) is 5.75 Å². The zero-order valence-electron chi connectivity index (χ0n) is 16.5. The third-order valence-electron chi connectivity index (χ3n) is 4.68. The Balaban J connectivity index is 1.76. The number of ether oxygens (including phenoxy) is 1. The largest absolute Gasteiger partial charge is 0.496 e. The van der Waals surface area contributed by atoms with E-state index < -0.39 is 11.7 Å². The summed E-state index contributed by atoms with van der Waals surface area (Å²) < 4.78 is 47.4. The van der Waals surface area contributed by atoms with E-state index in [0.29, 0.717) is 16.7 Å². The summed E-state index contributed by atoms with van der Waals surface area (Å²) in [6.45, 7) is 0. The molecule has 3 aromatic carbocycles. The Kier molecular flexibility index (Phi) is 5.99. The Morgan fingerprint density at radius 2 is 1.55 bits per heavy atom. The minimum Gasteiger partial charge on any atom is -0.496 e. The predicted octanol–water partition coefficient (Wildman–Crippen LogP) is 6.25. The molecule has 4 rings (SSSR count). The summed E-state index contributed by atoms with van der Waals surface area (Å²) in [5.74, 6) is 1.29. The van der Waals surface area contributed by atoms with E-state index in [0.717, 1.165) is 17.3 Å². The van der Waals surface area contributed by atoms with Crippen molar-refractivity contribution in [2.75, 3.05) is 7.11 Å². The highest BCUT2D eigenvalue weighted by Gasteiger charge is 2.33. The van der Waals surface area contributed by atoms with Crippen molar-refractivity contribution in [3.05, 3.63) is 90.0 Å². The first-order valence-corrected chi connectivity index (χ1v) is 10.4. The van der Waals surface area contributed by atoms with Crippen LogP contribution in [0.1, 0.15) is 11.1 Å². The van der Waals surface area contributed by atoms with Crippen LogP contribution in [0.3, 0.4) is 0 Å². The van der Waals surface area contributed by atoms with Crippen molar-refractivity contribution in [2.45, 2.75) is 17.1 Å². The molecule has 1 aromatic heterocycles. The molecule has 0 saturated carbocycles. The molecule has 0 atom stereocenters. The van der Waals surface area contributed by atoms with E-state index in [2.05, 4.69) is 10.2 Å². The summed E-state index contributed by atoms with van der Waals surface area (Å²) in [5.41, 5.74) is 1.10. The second-order valence-electron chi connectivity index (χ2n) is 6.62. The number of hydrogen-bond donors (Lipinski definition) is 0. The summed E-state index contributed by atoms with van der Waals surface area (Å²) in [5, 5.41) is 9.12. The average molecular weight is 441 g/mol. The second-order valence-corrected chi connectivity index (χ2v) is 7.56. The van der Waals surface area contributed by atoms with Gasteiger partial charge >= 0.3 is 6.18 Å². The highest BCUT2D eigenvalue weighted by atomic mass is 32.2. The first-order valence-electron chi connectivity index (χ1n) is 9.41. The minimum absolute atomic E-state index is 0.104. The fraction of sp³-hybridized carbons (Fsp3) is 0.130. The van der Waals surface area contributed by atoms with Crippen LogP contribution in [0.2, 0.25) is 0 Å². The van der Waals surface area contributed by atoms with Gasteiger partial charge in [-0.1, -0.05) is 60.3 Å². The molecule has 0 saturated heterocycles. The Morgan fingerprint density at radius 1 is 0.871 bits per heavy atom. The fourth-order valence-corrected chi connectivity index (χ4v) is 4.20. The molecule has 0 aliphatic carbocycles. The van der Waals surface area contributed by atoms with Gasteiger partial charge in [-0.15, -0.1) is 10.2 Å². The number of aromatic nitrogens is 3. The molecule has 0 unspecified atom stereocenters. The summed E-state index contributed by atoms with van der Waals surface area (Å²) in [6, 6.07) is 22.5. The summed E-state index contributed by atoms with van der Waals surface area (Å²) in [6.07, 6.45) is -4.41. The maximum atomic E-state index is 13.4. The van der Waals surface area contributed by atoms with E-state index in [4.69, 9.17) is 4.74 Å². The highest BCUT2D eigenvalue weighted by molar-refractivity contribution is 7.98. The van der Waals surface area contributed by atoms with Crippen molar-refractivity contribution >= 4 is 11.8 Å². The number of para-hydroxylation sites is 2. The molecule has 0 radical (unpaired) electrons. The Bertz CT molecular complexity index is 1180. The quantitative estimate of drug-likeness (QED) is 0.332. The van der Waals surface area contributed by atoms with Gasteiger partial charge in [-0.2, -0.15) is 13.2 Å². The number of rotatable bonds is 6. The van der Waals surface area contributed by atoms with Gasteiger partial charge in [0, 0.05) is 11.4 Å². The van der Waals surface area contributed by atoms with Crippen LogP contribution in [-0.4, -0.2) is 21.9 Å². The van der Waals surface area contributed by atoms with Gasteiger partial charge in [0.25, 0.3) is 0 Å². The third-order valence-corrected chi connectivity index (χ3v) is 5.65. The van der Waals surface area contributed by atoms with Gasteiger partial charge in [-0.25, -0.2) is 0 Å². The highest BCUT2D eigenvalue weighted by Crippen LogP contribution is 2.37. The lowest BCUT2D eigenvalue weighted by molar-refractivity contribution is -0.138. The van der Waals surface area contributed by atoms with E-state index in [1.807, 2.05) is 59.2 Å². The summed E-state index contributed by atoms with van der Waals surface area (Å²) in [7, 11) is 1.58. The van der Waals surface area contributed by atoms with Crippen molar-refractivity contribution in [2.24, 2.45) is 0 Å². The molecule has 4 nitrogen and oxygen atoms in total. The molecule has 0 aliphatic heterocycles. The molecule has 1 heterocycles. The van der Waals surface area contributed by atoms with E-state index in [1.165, 1.54) is 23.9 Å². The lowest BCUT2D eigenvalue weighted by atomic mass is 10.1. The number of halogens is 3. The van der Waals surface area contributed by atoms with E-state index in [9.17, 15) is 13.2 Å². The molecule has 0 fully saturated rings. The molecule has 0 amide bonds. The van der Waals surface area contributed by atoms with Gasteiger partial charge in [0.2, 0.25) is 0 Å². The van der Waals surface area contributed by atoms with Crippen molar-refractivity contribution in [3.8, 4) is 22.8 Å². The molecular weight excluding hydrogens is 423 g/mol. The topological polar surface area (TPSA) is 39.9 Å². The van der Waals surface area contributed by atoms with Gasteiger partial charge in [0.15, 0.2) is 11.0 Å². The number of methoxy groups -OCH3 is 1. The molecule has 0 aliphatic rings. The maximum absolute atomic E-state index is 13.4. The van der Waals surface area contributed by atoms with E-state index >= 15 is 0 Å². The van der Waals surface area contributed by atoms with Crippen LogP contribution < -0.4 is 4.74 Å². The molecule has 0 N–H and O–H groups in total. The lowest BCUT2D eigenvalue weighted by Crippen LogP contribution is -2.08. The van der Waals surface area contributed by atoms with Gasteiger partial charge in [-0.05, 0) is 35.9 Å². The molecule has 4 aromatic rings. The van der Waals surface area contributed by atoms with Crippen LogP contribution in [0.4, 0.5) is 13.2 Å². The monoisotopic (exact) mass is 441 g/mol. The number of benzene rings is 3. The second kappa shape index (κ2) is 8.85. The number of nitrogens with zero attached hydrogens (tertiary/aromatic N) is 3. The predicted molar refractivity (Wildman–Crippen MR) is 114 cm³/mol. The maximum Gasteiger partial charge on any atom is 0.416 e. The van der Waals surface area contributed by atoms with Gasteiger partial charge in [-0.3, -0.25) is 4.57 Å². The zero-order chi connectivity index (χ0) is 21.8. The Hall–Kier alpha value is -3.26. The normalized spacial score (nSPS) is 11.5. The average Bonchev–Trinajstić information content (AvgIpc) is 3.21. The zero-order valence-corrected chi connectivity index (χ0v) is 17.3. The number of hydrogen-bond acceptors (Lipinski definition) is 4. The molecule has 0 bridgehead atoms. The van der Waals surface area contributed by atoms with Crippen LogP contribution in [0.5, 0.6) is 5.75 Å². The first-order chi connectivity index (χ1) is 15.0. The van der Waals surface area contributed by atoms with E-state index in [1.54, 1.807) is 13.2 Å². The lowest BCUT2D eigenvalue weighted by Gasteiger charge is -2.14. The Labute approximate surface area is 181 Å². The SMILES string of the molecule is COc1ccccc1-c1nnc(SCc2ccccc2C(F)(F)F)n1-c1ccccc1. The van der Waals surface area contributed by atoms with Crippen LogP contribution >= 0.6 is 11.8 Å². The summed E-state index contributed by atoms with van der Waals surface area (Å²) >= 11 is 1.20. The van der Waals surface area contributed by atoms with Crippen LogP contribution in [0.15, 0.2) is 84.0 Å². The fourth-order valence-electron chi connectivity index (χ4n) is 3.24. The van der Waals surface area contributed by atoms with E-state index in [-0.39, 0.29) is 11.3 Å². The molecule has 31 heavy (non-hydrogen) atoms. The number of thioether (sulfide) groups is 1. The minimum atomic E-state index is -4.41. The van der Waals surface area contributed by atoms with Crippen molar-refractivity contribution in [3.63, 3.8) is 0 Å². The Morgan fingerprint density at radius 3 is 2.29 bits per heavy atom. The van der Waals surface area contributed by atoms with Crippen molar-refractivity contribution in [1.82, 2.24) is 14.8 Å². The molecule has 0 spiro atoms. The smallest absolute Gasteiger partial charge is 0.416 e. The first kappa shape index (κ1) is 21.0. The third kappa shape index (κ3) is 4.44. The molecular formula is C23H18F3N3OS. The van der Waals surface area contributed by atoms with Crippen LogP contribution in [0, 0.1) is 0 Å². The molecule has 158 valence electrons. The van der Waals surface area contributed by atoms with Gasteiger partial charge < -0.3 is 4.74 Å².